The number of phenolic OH excluding ortho intramolecular Hbond substituents is 1. The maximum atomic E-state index is 13.0. The van der Waals surface area contributed by atoms with Crippen molar-refractivity contribution >= 4 is 11.7 Å². The molecule has 1 atom stereocenters. The molecule has 0 spiro atoms. The van der Waals surface area contributed by atoms with Gasteiger partial charge < -0.3 is 25.7 Å². The average Bonchev–Trinajstić information content (AvgIpc) is 2.29. The van der Waals surface area contributed by atoms with Crippen LogP contribution < -0.4 is 5.32 Å². The van der Waals surface area contributed by atoms with Crippen molar-refractivity contribution in [3.05, 3.63) is 23.5 Å². The van der Waals surface area contributed by atoms with Crippen LogP contribution in [0.3, 0.4) is 0 Å². The highest BCUT2D eigenvalue weighted by molar-refractivity contribution is 5.94. The van der Waals surface area contributed by atoms with Crippen LogP contribution in [-0.4, -0.2) is 45.7 Å². The molecule has 0 aliphatic carbocycles. The van der Waals surface area contributed by atoms with Crippen molar-refractivity contribution in [1.82, 2.24) is 0 Å². The molecule has 0 aliphatic rings. The SMILES string of the molecule is O=C(O)c1cc(O)c(F)cc1NCC(O)CO. The Kier molecular flexibility index (Phi) is 4.24. The zero-order valence-corrected chi connectivity index (χ0v) is 8.72. The Bertz CT molecular complexity index is 423. The molecule has 17 heavy (non-hydrogen) atoms. The van der Waals surface area contributed by atoms with Gasteiger partial charge in [0.15, 0.2) is 11.6 Å². The molecule has 0 saturated carbocycles. The zero-order valence-electron chi connectivity index (χ0n) is 8.72. The molecule has 0 bridgehead atoms. The summed E-state index contributed by atoms with van der Waals surface area (Å²) in [7, 11) is 0. The predicted molar refractivity (Wildman–Crippen MR) is 56.6 cm³/mol. The first kappa shape index (κ1) is 13.2. The number of halogens is 1. The van der Waals surface area contributed by atoms with E-state index in [1.807, 2.05) is 0 Å². The molecule has 0 radical (unpaired) electrons. The third kappa shape index (κ3) is 3.30. The van der Waals surface area contributed by atoms with E-state index >= 15 is 0 Å². The summed E-state index contributed by atoms with van der Waals surface area (Å²) in [4.78, 5) is 10.8. The van der Waals surface area contributed by atoms with Crippen LogP contribution in [0, 0.1) is 5.82 Å². The first-order chi connectivity index (χ1) is 7.95. The van der Waals surface area contributed by atoms with Crippen LogP contribution in [0.5, 0.6) is 5.75 Å². The molecule has 1 aromatic rings. The number of phenols is 1. The number of carboxylic acids is 1. The number of hydrogen-bond donors (Lipinski definition) is 5. The van der Waals surface area contributed by atoms with Gasteiger partial charge in [0.25, 0.3) is 0 Å². The fourth-order valence-electron chi connectivity index (χ4n) is 1.18. The number of rotatable bonds is 5. The molecule has 0 aliphatic heterocycles. The molecule has 5 N–H and O–H groups in total. The van der Waals surface area contributed by atoms with Crippen LogP contribution in [0.4, 0.5) is 10.1 Å². The fraction of sp³-hybridized carbons (Fsp3) is 0.300. The van der Waals surface area contributed by atoms with Gasteiger partial charge in [0.1, 0.15) is 0 Å². The quantitative estimate of drug-likeness (QED) is 0.467. The second-order valence-corrected chi connectivity index (χ2v) is 3.37. The van der Waals surface area contributed by atoms with E-state index in [4.69, 9.17) is 20.4 Å². The number of nitrogens with one attached hydrogen (secondary N) is 1. The molecule has 0 aromatic heterocycles. The van der Waals surface area contributed by atoms with Crippen molar-refractivity contribution in [3.63, 3.8) is 0 Å². The molecule has 6 nitrogen and oxygen atoms in total. The summed E-state index contributed by atoms with van der Waals surface area (Å²) in [6.07, 6.45) is -1.09. The Hall–Kier alpha value is -1.86. The van der Waals surface area contributed by atoms with Crippen LogP contribution in [-0.2, 0) is 0 Å². The van der Waals surface area contributed by atoms with Crippen molar-refractivity contribution < 1.29 is 29.6 Å². The van der Waals surface area contributed by atoms with Gasteiger partial charge in [-0.05, 0) is 6.07 Å². The Morgan fingerprint density at radius 3 is 2.65 bits per heavy atom. The summed E-state index contributed by atoms with van der Waals surface area (Å²) in [5.41, 5.74) is -0.408. The number of benzene rings is 1. The van der Waals surface area contributed by atoms with Crippen LogP contribution in [0.1, 0.15) is 10.4 Å². The zero-order chi connectivity index (χ0) is 13.0. The Morgan fingerprint density at radius 1 is 1.47 bits per heavy atom. The Morgan fingerprint density at radius 2 is 2.12 bits per heavy atom. The first-order valence-corrected chi connectivity index (χ1v) is 4.74. The lowest BCUT2D eigenvalue weighted by Crippen LogP contribution is -2.23. The standard InChI is InChI=1S/C10H12FNO5/c11-7-2-8(12-3-5(14)4-13)6(10(16)17)1-9(7)15/h1-2,5,12-15H,3-4H2,(H,16,17). The highest BCUT2D eigenvalue weighted by atomic mass is 19.1. The van der Waals surface area contributed by atoms with E-state index in [2.05, 4.69) is 5.32 Å². The van der Waals surface area contributed by atoms with Crippen molar-refractivity contribution in [2.75, 3.05) is 18.5 Å². The Labute approximate surface area is 95.9 Å². The molecular formula is C10H12FNO5. The number of aliphatic hydroxyl groups is 2. The van der Waals surface area contributed by atoms with E-state index in [1.165, 1.54) is 0 Å². The molecule has 1 aromatic carbocycles. The minimum Gasteiger partial charge on any atom is -0.505 e. The summed E-state index contributed by atoms with van der Waals surface area (Å²) >= 11 is 0. The molecule has 1 unspecified atom stereocenters. The van der Waals surface area contributed by atoms with Gasteiger partial charge in [-0.3, -0.25) is 0 Å². The van der Waals surface area contributed by atoms with E-state index in [1.54, 1.807) is 0 Å². The average molecular weight is 245 g/mol. The van der Waals surface area contributed by atoms with Gasteiger partial charge in [0.2, 0.25) is 0 Å². The summed E-state index contributed by atoms with van der Waals surface area (Å²) in [6.45, 7) is -0.642. The molecule has 1 rings (SSSR count). The molecule has 7 heteroatoms. The molecule has 0 heterocycles. The van der Waals surface area contributed by atoms with Crippen LogP contribution in [0.15, 0.2) is 12.1 Å². The van der Waals surface area contributed by atoms with Gasteiger partial charge in [-0.2, -0.15) is 0 Å². The first-order valence-electron chi connectivity index (χ1n) is 4.74. The lowest BCUT2D eigenvalue weighted by molar-refractivity contribution is 0.0697. The van der Waals surface area contributed by atoms with E-state index in [-0.39, 0.29) is 17.8 Å². The lowest BCUT2D eigenvalue weighted by atomic mass is 10.1. The van der Waals surface area contributed by atoms with Gasteiger partial charge in [0, 0.05) is 12.6 Å². The number of aliphatic hydroxyl groups excluding tert-OH is 2. The predicted octanol–water partition coefficient (Wildman–Crippen LogP) is -0.00540. The summed E-state index contributed by atoms with van der Waals surface area (Å²) in [5.74, 6) is -3.09. The van der Waals surface area contributed by atoms with Crippen LogP contribution in [0.2, 0.25) is 0 Å². The fourth-order valence-corrected chi connectivity index (χ4v) is 1.18. The number of aromatic hydroxyl groups is 1. The molecule has 0 fully saturated rings. The van der Waals surface area contributed by atoms with Crippen LogP contribution >= 0.6 is 0 Å². The van der Waals surface area contributed by atoms with Crippen molar-refractivity contribution in [2.24, 2.45) is 0 Å². The number of hydrogen-bond acceptors (Lipinski definition) is 5. The molecule has 0 saturated heterocycles. The second kappa shape index (κ2) is 5.46. The van der Waals surface area contributed by atoms with Gasteiger partial charge >= 0.3 is 5.97 Å². The number of carbonyl (C=O) groups is 1. The number of anilines is 1. The molecule has 94 valence electrons. The third-order valence-electron chi connectivity index (χ3n) is 2.06. The number of aromatic carboxylic acids is 1. The second-order valence-electron chi connectivity index (χ2n) is 3.37. The molecular weight excluding hydrogens is 233 g/mol. The monoisotopic (exact) mass is 245 g/mol. The smallest absolute Gasteiger partial charge is 0.337 e. The number of carboxylic acid groups (broad SMARTS) is 1. The summed E-state index contributed by atoms with van der Waals surface area (Å²) < 4.78 is 13.0. The highest BCUT2D eigenvalue weighted by Crippen LogP contribution is 2.25. The maximum Gasteiger partial charge on any atom is 0.337 e. The summed E-state index contributed by atoms with van der Waals surface area (Å²) in [5, 5.41) is 38.0. The van der Waals surface area contributed by atoms with Crippen molar-refractivity contribution in [2.45, 2.75) is 6.10 Å². The van der Waals surface area contributed by atoms with E-state index in [0.717, 1.165) is 12.1 Å². The highest BCUT2D eigenvalue weighted by Gasteiger charge is 2.15. The Balaban J connectivity index is 2.96. The lowest BCUT2D eigenvalue weighted by Gasteiger charge is -2.13. The van der Waals surface area contributed by atoms with Crippen molar-refractivity contribution in [1.29, 1.82) is 0 Å². The van der Waals surface area contributed by atoms with Crippen LogP contribution in [0.25, 0.3) is 0 Å². The van der Waals surface area contributed by atoms with E-state index < -0.39 is 30.2 Å². The van der Waals surface area contributed by atoms with Gasteiger partial charge in [-0.1, -0.05) is 0 Å². The van der Waals surface area contributed by atoms with Crippen molar-refractivity contribution in [3.8, 4) is 5.75 Å². The third-order valence-corrected chi connectivity index (χ3v) is 2.06. The largest absolute Gasteiger partial charge is 0.505 e. The van der Waals surface area contributed by atoms with E-state index in [0.29, 0.717) is 0 Å². The van der Waals surface area contributed by atoms with Gasteiger partial charge in [-0.25, -0.2) is 9.18 Å². The molecule has 0 amide bonds. The topological polar surface area (TPSA) is 110 Å². The van der Waals surface area contributed by atoms with Gasteiger partial charge in [-0.15, -0.1) is 0 Å². The minimum atomic E-state index is -1.35. The van der Waals surface area contributed by atoms with Gasteiger partial charge in [0.05, 0.1) is 24.0 Å². The van der Waals surface area contributed by atoms with E-state index in [9.17, 15) is 9.18 Å². The maximum absolute atomic E-state index is 13.0. The normalized spacial score (nSPS) is 12.2. The summed E-state index contributed by atoms with van der Waals surface area (Å²) in [6, 6.07) is 1.58. The minimum absolute atomic E-state index is 0.0831.